The molecule has 0 spiro atoms. The van der Waals surface area contributed by atoms with E-state index in [1.165, 1.54) is 15.6 Å². The summed E-state index contributed by atoms with van der Waals surface area (Å²) < 4.78 is 1.23. The van der Waals surface area contributed by atoms with Crippen molar-refractivity contribution in [3.05, 3.63) is 57.3 Å². The van der Waals surface area contributed by atoms with Gasteiger partial charge in [-0.2, -0.15) is 0 Å². The van der Waals surface area contributed by atoms with Crippen LogP contribution in [0.4, 0.5) is 5.69 Å². The third-order valence-electron chi connectivity index (χ3n) is 3.77. The van der Waals surface area contributed by atoms with Crippen LogP contribution < -0.4 is 5.32 Å². The SMILES string of the molecule is Cc1ccc(NC2CCc3c(Br)cccc32)c(C)n1. The van der Waals surface area contributed by atoms with Crippen LogP contribution in [-0.4, -0.2) is 4.98 Å². The van der Waals surface area contributed by atoms with Crippen molar-refractivity contribution < 1.29 is 0 Å². The molecule has 1 aliphatic carbocycles. The molecule has 1 N–H and O–H groups in total. The minimum absolute atomic E-state index is 0.399. The number of halogens is 1. The number of fused-ring (bicyclic) bond motifs is 1. The highest BCUT2D eigenvalue weighted by atomic mass is 79.9. The fraction of sp³-hybridized carbons (Fsp3) is 0.312. The van der Waals surface area contributed by atoms with Gasteiger partial charge in [-0.25, -0.2) is 0 Å². The zero-order valence-electron chi connectivity index (χ0n) is 11.2. The molecule has 3 heteroatoms. The normalized spacial score (nSPS) is 17.3. The zero-order valence-corrected chi connectivity index (χ0v) is 12.8. The predicted molar refractivity (Wildman–Crippen MR) is 82.5 cm³/mol. The van der Waals surface area contributed by atoms with Gasteiger partial charge >= 0.3 is 0 Å². The molecule has 1 aliphatic rings. The molecular formula is C16H17BrN2. The van der Waals surface area contributed by atoms with E-state index < -0.39 is 0 Å². The molecule has 98 valence electrons. The average Bonchev–Trinajstić information content (AvgIpc) is 2.78. The van der Waals surface area contributed by atoms with E-state index in [0.717, 1.165) is 29.9 Å². The number of rotatable bonds is 2. The smallest absolute Gasteiger partial charge is 0.0607 e. The second-order valence-electron chi connectivity index (χ2n) is 5.13. The second kappa shape index (κ2) is 4.97. The van der Waals surface area contributed by atoms with Crippen LogP contribution in [-0.2, 0) is 6.42 Å². The van der Waals surface area contributed by atoms with Crippen LogP contribution in [0, 0.1) is 13.8 Å². The second-order valence-corrected chi connectivity index (χ2v) is 5.98. The molecule has 2 aromatic rings. The maximum absolute atomic E-state index is 4.52. The highest BCUT2D eigenvalue weighted by molar-refractivity contribution is 9.10. The van der Waals surface area contributed by atoms with Gasteiger partial charge in [-0.15, -0.1) is 0 Å². The number of benzene rings is 1. The van der Waals surface area contributed by atoms with E-state index in [9.17, 15) is 0 Å². The topological polar surface area (TPSA) is 24.9 Å². The molecule has 1 atom stereocenters. The Hall–Kier alpha value is -1.35. The number of aryl methyl sites for hydroxylation is 2. The van der Waals surface area contributed by atoms with Gasteiger partial charge in [0.05, 0.1) is 17.4 Å². The van der Waals surface area contributed by atoms with Gasteiger partial charge in [0.25, 0.3) is 0 Å². The van der Waals surface area contributed by atoms with Crippen LogP contribution in [0.1, 0.15) is 35.0 Å². The van der Waals surface area contributed by atoms with E-state index in [2.05, 4.69) is 63.5 Å². The van der Waals surface area contributed by atoms with Crippen LogP contribution in [0.25, 0.3) is 0 Å². The van der Waals surface area contributed by atoms with E-state index in [-0.39, 0.29) is 0 Å². The summed E-state index contributed by atoms with van der Waals surface area (Å²) in [5, 5.41) is 3.64. The maximum atomic E-state index is 4.52. The Morgan fingerprint density at radius 2 is 2.05 bits per heavy atom. The Bertz CT molecular complexity index is 622. The molecule has 0 saturated heterocycles. The summed E-state index contributed by atoms with van der Waals surface area (Å²) in [5.41, 5.74) is 6.14. The van der Waals surface area contributed by atoms with Crippen molar-refractivity contribution in [2.24, 2.45) is 0 Å². The molecule has 1 heterocycles. The van der Waals surface area contributed by atoms with E-state index in [4.69, 9.17) is 0 Å². The molecule has 0 amide bonds. The van der Waals surface area contributed by atoms with Crippen molar-refractivity contribution in [1.82, 2.24) is 4.98 Å². The summed E-state index contributed by atoms with van der Waals surface area (Å²) in [7, 11) is 0. The first kappa shape index (κ1) is 12.7. The van der Waals surface area contributed by atoms with Gasteiger partial charge in [-0.05, 0) is 56.0 Å². The molecule has 0 aliphatic heterocycles. The molecule has 2 nitrogen and oxygen atoms in total. The number of anilines is 1. The summed E-state index contributed by atoms with van der Waals surface area (Å²) in [6.07, 6.45) is 2.28. The molecule has 1 unspecified atom stereocenters. The molecule has 0 saturated carbocycles. The van der Waals surface area contributed by atoms with Crippen molar-refractivity contribution in [1.29, 1.82) is 0 Å². The molecular weight excluding hydrogens is 300 g/mol. The summed E-state index contributed by atoms with van der Waals surface area (Å²) >= 11 is 3.64. The lowest BCUT2D eigenvalue weighted by Gasteiger charge is -2.17. The highest BCUT2D eigenvalue weighted by Gasteiger charge is 2.24. The maximum Gasteiger partial charge on any atom is 0.0607 e. The third kappa shape index (κ3) is 2.39. The van der Waals surface area contributed by atoms with E-state index in [0.29, 0.717) is 6.04 Å². The first-order chi connectivity index (χ1) is 9.15. The zero-order chi connectivity index (χ0) is 13.4. The van der Waals surface area contributed by atoms with Gasteiger partial charge in [0.2, 0.25) is 0 Å². The van der Waals surface area contributed by atoms with Crippen molar-refractivity contribution >= 4 is 21.6 Å². The largest absolute Gasteiger partial charge is 0.377 e. The fourth-order valence-corrected chi connectivity index (χ4v) is 3.37. The molecule has 0 bridgehead atoms. The number of pyridine rings is 1. The van der Waals surface area contributed by atoms with E-state index in [1.807, 2.05) is 6.92 Å². The first-order valence-electron chi connectivity index (χ1n) is 6.63. The molecule has 19 heavy (non-hydrogen) atoms. The highest BCUT2D eigenvalue weighted by Crippen LogP contribution is 2.37. The van der Waals surface area contributed by atoms with Gasteiger partial charge in [-0.3, -0.25) is 4.98 Å². The third-order valence-corrected chi connectivity index (χ3v) is 4.51. The van der Waals surface area contributed by atoms with Gasteiger partial charge in [0, 0.05) is 10.2 Å². The van der Waals surface area contributed by atoms with Crippen molar-refractivity contribution in [3.8, 4) is 0 Å². The molecule has 3 rings (SSSR count). The van der Waals surface area contributed by atoms with Crippen LogP contribution in [0.2, 0.25) is 0 Å². The lowest BCUT2D eigenvalue weighted by Crippen LogP contribution is -2.09. The number of nitrogens with one attached hydrogen (secondary N) is 1. The Balaban J connectivity index is 1.89. The Morgan fingerprint density at radius 3 is 2.84 bits per heavy atom. The summed E-state index contributed by atoms with van der Waals surface area (Å²) in [4.78, 5) is 4.52. The number of aromatic nitrogens is 1. The number of hydrogen-bond donors (Lipinski definition) is 1. The summed E-state index contributed by atoms with van der Waals surface area (Å²) in [5.74, 6) is 0. The van der Waals surface area contributed by atoms with Crippen LogP contribution >= 0.6 is 15.9 Å². The monoisotopic (exact) mass is 316 g/mol. The molecule has 1 aromatic carbocycles. The van der Waals surface area contributed by atoms with Gasteiger partial charge in [-0.1, -0.05) is 28.1 Å². The van der Waals surface area contributed by atoms with E-state index in [1.54, 1.807) is 0 Å². The Morgan fingerprint density at radius 1 is 1.21 bits per heavy atom. The quantitative estimate of drug-likeness (QED) is 0.878. The van der Waals surface area contributed by atoms with Crippen molar-refractivity contribution in [3.63, 3.8) is 0 Å². The lowest BCUT2D eigenvalue weighted by molar-refractivity contribution is 0.759. The van der Waals surface area contributed by atoms with Gasteiger partial charge in [0.1, 0.15) is 0 Å². The van der Waals surface area contributed by atoms with Crippen LogP contribution in [0.5, 0.6) is 0 Å². The standard InChI is InChI=1S/C16H17BrN2/c1-10-6-8-15(11(2)18-10)19-16-9-7-12-13(16)4-3-5-14(12)17/h3-6,8,16,19H,7,9H2,1-2H3. The minimum Gasteiger partial charge on any atom is -0.377 e. The average molecular weight is 317 g/mol. The van der Waals surface area contributed by atoms with Crippen molar-refractivity contribution in [2.75, 3.05) is 5.32 Å². The summed E-state index contributed by atoms with van der Waals surface area (Å²) in [6, 6.07) is 11.1. The molecule has 1 aromatic heterocycles. The molecule has 0 fully saturated rings. The fourth-order valence-electron chi connectivity index (χ4n) is 2.79. The number of nitrogens with zero attached hydrogens (tertiary/aromatic N) is 1. The number of hydrogen-bond acceptors (Lipinski definition) is 2. The van der Waals surface area contributed by atoms with Gasteiger partial charge < -0.3 is 5.32 Å². The van der Waals surface area contributed by atoms with Crippen molar-refractivity contribution in [2.45, 2.75) is 32.7 Å². The van der Waals surface area contributed by atoms with E-state index >= 15 is 0 Å². The molecule has 0 radical (unpaired) electrons. The Labute approximate surface area is 122 Å². The van der Waals surface area contributed by atoms with Crippen LogP contribution in [0.3, 0.4) is 0 Å². The van der Waals surface area contributed by atoms with Crippen LogP contribution in [0.15, 0.2) is 34.8 Å². The van der Waals surface area contributed by atoms with Gasteiger partial charge in [0.15, 0.2) is 0 Å². The Kier molecular flexibility index (Phi) is 3.31. The first-order valence-corrected chi connectivity index (χ1v) is 7.42. The predicted octanol–water partition coefficient (Wildman–Crippen LogP) is 4.56. The lowest BCUT2D eigenvalue weighted by atomic mass is 10.1. The summed E-state index contributed by atoms with van der Waals surface area (Å²) in [6.45, 7) is 4.09. The minimum atomic E-state index is 0.399.